The molecular weight excluding hydrogens is 402 g/mol. The average Bonchev–Trinajstić information content (AvgIpc) is 3.19. The third kappa shape index (κ3) is 2.94. The van der Waals surface area contributed by atoms with Gasteiger partial charge in [-0.2, -0.15) is 0 Å². The number of ether oxygens (including phenoxy) is 2. The summed E-state index contributed by atoms with van der Waals surface area (Å²) in [7, 11) is 0. The number of fused-ring (bicyclic) bond motifs is 4. The summed E-state index contributed by atoms with van der Waals surface area (Å²) >= 11 is 0. The minimum atomic E-state index is -0.867. The van der Waals surface area contributed by atoms with Gasteiger partial charge in [0.15, 0.2) is 5.54 Å². The zero-order valence-corrected chi connectivity index (χ0v) is 17.3. The van der Waals surface area contributed by atoms with E-state index in [-0.39, 0.29) is 12.6 Å². The van der Waals surface area contributed by atoms with Crippen LogP contribution in [0, 0.1) is 11.8 Å². The van der Waals surface area contributed by atoms with Crippen molar-refractivity contribution in [2.24, 2.45) is 10.7 Å². The second-order valence-corrected chi connectivity index (χ2v) is 8.50. The Labute approximate surface area is 185 Å². The lowest BCUT2D eigenvalue weighted by atomic mass is 9.79. The van der Waals surface area contributed by atoms with Gasteiger partial charge in [0.25, 0.3) is 6.02 Å². The number of hydrogen-bond acceptors (Lipinski definition) is 6. The highest BCUT2D eigenvalue weighted by Gasteiger charge is 2.47. The van der Waals surface area contributed by atoms with Crippen LogP contribution in [-0.2, 0) is 10.3 Å². The van der Waals surface area contributed by atoms with Crippen LogP contribution in [0.15, 0.2) is 65.9 Å². The maximum Gasteiger partial charge on any atom is 0.283 e. The number of aromatic nitrogens is 1. The molecule has 1 saturated carbocycles. The number of hydrogen-bond donors (Lipinski definition) is 2. The van der Waals surface area contributed by atoms with Gasteiger partial charge < -0.3 is 20.3 Å². The molecule has 32 heavy (non-hydrogen) atoms. The molecule has 3 heterocycles. The molecule has 0 saturated heterocycles. The summed E-state index contributed by atoms with van der Waals surface area (Å²) in [5.74, 6) is 7.57. The first-order valence-corrected chi connectivity index (χ1v) is 10.7. The highest BCUT2D eigenvalue weighted by Crippen LogP contribution is 2.51. The molecule has 6 rings (SSSR count). The number of rotatable bonds is 1. The highest BCUT2D eigenvalue weighted by molar-refractivity contribution is 5.78. The summed E-state index contributed by atoms with van der Waals surface area (Å²) < 4.78 is 11.9. The van der Waals surface area contributed by atoms with Gasteiger partial charge in [-0.3, -0.25) is 4.98 Å². The van der Waals surface area contributed by atoms with Crippen molar-refractivity contribution in [1.82, 2.24) is 4.98 Å². The van der Waals surface area contributed by atoms with Crippen molar-refractivity contribution < 1.29 is 14.6 Å². The molecule has 2 aliphatic heterocycles. The van der Waals surface area contributed by atoms with Crippen molar-refractivity contribution in [2.75, 3.05) is 6.61 Å². The fourth-order valence-electron chi connectivity index (χ4n) is 4.47. The lowest BCUT2D eigenvalue weighted by Gasteiger charge is -2.34. The maximum atomic E-state index is 10.4. The predicted octanol–water partition coefficient (Wildman–Crippen LogP) is 3.71. The van der Waals surface area contributed by atoms with Gasteiger partial charge in [0.2, 0.25) is 0 Å². The minimum absolute atomic E-state index is 0.149. The molecule has 0 unspecified atom stereocenters. The van der Waals surface area contributed by atoms with Gasteiger partial charge in [-0.1, -0.05) is 24.0 Å². The van der Waals surface area contributed by atoms with E-state index in [1.807, 2.05) is 48.7 Å². The zero-order valence-electron chi connectivity index (χ0n) is 17.3. The van der Waals surface area contributed by atoms with Crippen LogP contribution in [0.1, 0.15) is 36.0 Å². The van der Waals surface area contributed by atoms with Crippen LogP contribution in [0.25, 0.3) is 11.1 Å². The Hall–Kier alpha value is -3.82. The molecule has 3 aliphatic rings. The second-order valence-electron chi connectivity index (χ2n) is 8.50. The van der Waals surface area contributed by atoms with Crippen molar-refractivity contribution in [1.29, 1.82) is 0 Å². The standard InChI is InChI=1S/C26H21N3O3/c27-24-29-26(16-31-24)20-13-17(8-11-25(30)9-2-10-25)4-6-22(20)32-23-7-5-18(14-21(23)26)19-3-1-12-28-15-19/h1,3-7,12-15,30H,2,9-10,16H2,(H2,27,29)/t26-/m1/s1. The summed E-state index contributed by atoms with van der Waals surface area (Å²) in [5.41, 5.74) is 8.84. The van der Waals surface area contributed by atoms with Gasteiger partial charge in [0.05, 0.1) is 0 Å². The van der Waals surface area contributed by atoms with Crippen LogP contribution in [0.4, 0.5) is 0 Å². The molecule has 158 valence electrons. The largest absolute Gasteiger partial charge is 0.462 e. The van der Waals surface area contributed by atoms with Crippen molar-refractivity contribution in [2.45, 2.75) is 30.4 Å². The zero-order chi connectivity index (χ0) is 21.8. The number of benzene rings is 2. The molecule has 1 aromatic heterocycles. The number of pyridine rings is 1. The Morgan fingerprint density at radius 2 is 1.81 bits per heavy atom. The van der Waals surface area contributed by atoms with Crippen LogP contribution in [-0.4, -0.2) is 28.3 Å². The van der Waals surface area contributed by atoms with E-state index in [2.05, 4.69) is 22.9 Å². The number of nitrogens with zero attached hydrogens (tertiary/aromatic N) is 2. The molecule has 3 aromatic rings. The lowest BCUT2D eigenvalue weighted by molar-refractivity contribution is 0.0240. The van der Waals surface area contributed by atoms with Crippen molar-refractivity contribution in [3.05, 3.63) is 77.6 Å². The van der Waals surface area contributed by atoms with E-state index in [1.54, 1.807) is 6.20 Å². The molecule has 0 bridgehead atoms. The van der Waals surface area contributed by atoms with Crippen LogP contribution in [0.5, 0.6) is 11.5 Å². The fraction of sp³-hybridized carbons (Fsp3) is 0.231. The Bertz CT molecular complexity index is 1320. The van der Waals surface area contributed by atoms with Gasteiger partial charge in [0.1, 0.15) is 23.7 Å². The third-order valence-corrected chi connectivity index (χ3v) is 6.42. The summed E-state index contributed by atoms with van der Waals surface area (Å²) in [4.78, 5) is 8.99. The van der Waals surface area contributed by atoms with Gasteiger partial charge in [-0.15, -0.1) is 0 Å². The van der Waals surface area contributed by atoms with E-state index >= 15 is 0 Å². The summed E-state index contributed by atoms with van der Waals surface area (Å²) in [6, 6.07) is 15.9. The van der Waals surface area contributed by atoms with Gasteiger partial charge in [-0.25, -0.2) is 4.99 Å². The van der Waals surface area contributed by atoms with Crippen molar-refractivity contribution in [3.63, 3.8) is 0 Å². The first kappa shape index (κ1) is 18.9. The monoisotopic (exact) mass is 423 g/mol. The maximum absolute atomic E-state index is 10.4. The Kier molecular flexibility index (Phi) is 4.04. The smallest absolute Gasteiger partial charge is 0.283 e. The van der Waals surface area contributed by atoms with Crippen molar-refractivity contribution in [3.8, 4) is 34.5 Å². The second kappa shape index (κ2) is 6.84. The molecule has 3 N–H and O–H groups in total. The molecule has 0 amide bonds. The molecule has 1 spiro atoms. The summed E-state index contributed by atoms with van der Waals surface area (Å²) in [5, 5.41) is 10.4. The Balaban J connectivity index is 1.49. The predicted molar refractivity (Wildman–Crippen MR) is 120 cm³/mol. The van der Waals surface area contributed by atoms with E-state index in [0.29, 0.717) is 5.75 Å². The number of aliphatic hydroxyl groups is 1. The van der Waals surface area contributed by atoms with Crippen LogP contribution < -0.4 is 10.5 Å². The molecule has 0 radical (unpaired) electrons. The summed E-state index contributed by atoms with van der Waals surface area (Å²) in [6.45, 7) is 0.277. The van der Waals surface area contributed by atoms with Gasteiger partial charge in [-0.05, 0) is 61.2 Å². The van der Waals surface area contributed by atoms with E-state index < -0.39 is 11.1 Å². The lowest BCUT2D eigenvalue weighted by Crippen LogP contribution is -2.34. The fourth-order valence-corrected chi connectivity index (χ4v) is 4.47. The Morgan fingerprint density at radius 1 is 1.00 bits per heavy atom. The molecule has 1 fully saturated rings. The topological polar surface area (TPSA) is 90.0 Å². The normalized spacial score (nSPS) is 21.7. The number of nitrogens with two attached hydrogens (primary N) is 1. The van der Waals surface area contributed by atoms with E-state index in [4.69, 9.17) is 20.2 Å². The molecular formula is C26H21N3O3. The van der Waals surface area contributed by atoms with Crippen LogP contribution >= 0.6 is 0 Å². The number of aliphatic imine (C=N–C) groups is 1. The van der Waals surface area contributed by atoms with Crippen LogP contribution in [0.3, 0.4) is 0 Å². The molecule has 6 nitrogen and oxygen atoms in total. The van der Waals surface area contributed by atoms with Crippen LogP contribution in [0.2, 0.25) is 0 Å². The highest BCUT2D eigenvalue weighted by atomic mass is 16.5. The Morgan fingerprint density at radius 3 is 2.50 bits per heavy atom. The minimum Gasteiger partial charge on any atom is -0.462 e. The van der Waals surface area contributed by atoms with E-state index in [9.17, 15) is 5.11 Å². The third-order valence-electron chi connectivity index (χ3n) is 6.42. The van der Waals surface area contributed by atoms with E-state index in [0.717, 1.165) is 52.8 Å². The van der Waals surface area contributed by atoms with Gasteiger partial charge >= 0.3 is 0 Å². The molecule has 2 aromatic carbocycles. The first-order valence-electron chi connectivity index (χ1n) is 10.7. The summed E-state index contributed by atoms with van der Waals surface area (Å²) in [6.07, 6.45) is 6.02. The molecule has 1 aliphatic carbocycles. The SMILES string of the molecule is NC1=N[C@]2(CO1)c1cc(C#CC3(O)CCC3)ccc1Oc1ccc(-c3cccnc3)cc12. The van der Waals surface area contributed by atoms with E-state index in [1.165, 1.54) is 0 Å². The van der Waals surface area contributed by atoms with Gasteiger partial charge in [0, 0.05) is 34.6 Å². The van der Waals surface area contributed by atoms with Crippen molar-refractivity contribution >= 4 is 6.02 Å². The quantitative estimate of drug-likeness (QED) is 0.583. The molecule has 1 atom stereocenters. The first-order chi connectivity index (χ1) is 15.5. The molecule has 6 heteroatoms. The average molecular weight is 423 g/mol. The number of amidine groups is 1.